The molecule has 0 heterocycles. The van der Waals surface area contributed by atoms with Gasteiger partial charge in [-0.2, -0.15) is 5.26 Å². The molecule has 1 aromatic carbocycles. The van der Waals surface area contributed by atoms with Gasteiger partial charge in [-0.25, -0.2) is 0 Å². The Morgan fingerprint density at radius 2 is 2.05 bits per heavy atom. The second kappa shape index (κ2) is 7.82. The molecule has 0 spiro atoms. The van der Waals surface area contributed by atoms with Gasteiger partial charge in [-0.15, -0.1) is 11.8 Å². The van der Waals surface area contributed by atoms with E-state index in [0.717, 1.165) is 4.90 Å². The van der Waals surface area contributed by atoms with E-state index < -0.39 is 6.10 Å². The molecule has 0 aliphatic carbocycles. The maximum absolute atomic E-state index is 11.6. The van der Waals surface area contributed by atoms with Crippen LogP contribution in [0, 0.1) is 17.2 Å². The van der Waals surface area contributed by atoms with E-state index in [1.807, 2.05) is 32.0 Å². The van der Waals surface area contributed by atoms with Crippen molar-refractivity contribution < 1.29 is 9.90 Å². The molecule has 0 aliphatic heterocycles. The summed E-state index contributed by atoms with van der Waals surface area (Å²) in [6.07, 6.45) is -0.510. The number of carbonyl (C=O) groups excluding carboxylic acids is 1. The van der Waals surface area contributed by atoms with Crippen molar-refractivity contribution in [2.75, 3.05) is 12.3 Å². The van der Waals surface area contributed by atoms with E-state index in [0.29, 0.717) is 11.3 Å². The number of hydrogen-bond donors (Lipinski definition) is 2. The fourth-order valence-electron chi connectivity index (χ4n) is 1.28. The van der Waals surface area contributed by atoms with Crippen LogP contribution < -0.4 is 5.32 Å². The van der Waals surface area contributed by atoms with Gasteiger partial charge in [0.1, 0.15) is 0 Å². The molecule has 19 heavy (non-hydrogen) atoms. The minimum atomic E-state index is -0.510. The molecule has 0 aliphatic rings. The van der Waals surface area contributed by atoms with Gasteiger partial charge in [0, 0.05) is 11.4 Å². The first-order valence-corrected chi connectivity index (χ1v) is 7.09. The largest absolute Gasteiger partial charge is 0.391 e. The van der Waals surface area contributed by atoms with Gasteiger partial charge in [0.15, 0.2) is 0 Å². The highest BCUT2D eigenvalue weighted by Crippen LogP contribution is 2.17. The molecule has 2 N–H and O–H groups in total. The smallest absolute Gasteiger partial charge is 0.230 e. The van der Waals surface area contributed by atoms with Gasteiger partial charge in [-0.3, -0.25) is 4.79 Å². The molecule has 0 aromatic heterocycles. The highest BCUT2D eigenvalue weighted by Gasteiger charge is 2.10. The van der Waals surface area contributed by atoms with Crippen molar-refractivity contribution in [3.63, 3.8) is 0 Å². The van der Waals surface area contributed by atoms with Crippen molar-refractivity contribution in [3.8, 4) is 6.07 Å². The van der Waals surface area contributed by atoms with Crippen LogP contribution in [0.5, 0.6) is 0 Å². The highest BCUT2D eigenvalue weighted by atomic mass is 32.2. The predicted molar refractivity (Wildman–Crippen MR) is 75.7 cm³/mol. The zero-order chi connectivity index (χ0) is 14.3. The van der Waals surface area contributed by atoms with Crippen LogP contribution in [0.3, 0.4) is 0 Å². The Hall–Kier alpha value is -1.51. The third-order valence-corrected chi connectivity index (χ3v) is 3.64. The Morgan fingerprint density at radius 3 is 2.58 bits per heavy atom. The first kappa shape index (κ1) is 15.5. The van der Waals surface area contributed by atoms with E-state index >= 15 is 0 Å². The molecule has 1 rings (SSSR count). The standard InChI is InChI=1S/C14H18N2O2S/c1-10(2)13(17)8-16-14(18)9-19-12-5-3-11(7-15)4-6-12/h3-6,10,13,17H,8-9H2,1-2H3,(H,16,18). The zero-order valence-corrected chi connectivity index (χ0v) is 11.9. The summed E-state index contributed by atoms with van der Waals surface area (Å²) in [7, 11) is 0. The van der Waals surface area contributed by atoms with Crippen LogP contribution in [0.1, 0.15) is 19.4 Å². The van der Waals surface area contributed by atoms with Crippen molar-refractivity contribution in [2.24, 2.45) is 5.92 Å². The molecule has 0 fully saturated rings. The number of amides is 1. The summed E-state index contributed by atoms with van der Waals surface area (Å²) in [6.45, 7) is 4.09. The number of carbonyl (C=O) groups is 1. The van der Waals surface area contributed by atoms with Gasteiger partial charge in [-0.1, -0.05) is 13.8 Å². The number of aliphatic hydroxyl groups excluding tert-OH is 1. The molecule has 1 amide bonds. The number of nitrogens with one attached hydrogen (secondary N) is 1. The first-order chi connectivity index (χ1) is 9.02. The summed E-state index contributed by atoms with van der Waals surface area (Å²) >= 11 is 1.40. The molecular formula is C14H18N2O2S. The summed E-state index contributed by atoms with van der Waals surface area (Å²) in [5.74, 6) is 0.331. The minimum Gasteiger partial charge on any atom is -0.391 e. The lowest BCUT2D eigenvalue weighted by molar-refractivity contribution is -0.119. The van der Waals surface area contributed by atoms with Crippen LogP contribution >= 0.6 is 11.8 Å². The Labute approximate surface area is 117 Å². The first-order valence-electron chi connectivity index (χ1n) is 6.10. The van der Waals surface area contributed by atoms with Gasteiger partial charge < -0.3 is 10.4 Å². The molecule has 0 bridgehead atoms. The lowest BCUT2D eigenvalue weighted by atomic mass is 10.1. The van der Waals surface area contributed by atoms with Gasteiger partial charge in [-0.05, 0) is 30.2 Å². The highest BCUT2D eigenvalue weighted by molar-refractivity contribution is 8.00. The lowest BCUT2D eigenvalue weighted by Gasteiger charge is -2.14. The molecule has 0 radical (unpaired) electrons. The van der Waals surface area contributed by atoms with Crippen LogP contribution in [0.25, 0.3) is 0 Å². The van der Waals surface area contributed by atoms with Crippen LogP contribution in [0.4, 0.5) is 0 Å². The average Bonchev–Trinajstić information content (AvgIpc) is 2.42. The van der Waals surface area contributed by atoms with Gasteiger partial charge >= 0.3 is 0 Å². The molecule has 1 unspecified atom stereocenters. The molecule has 102 valence electrons. The number of nitrogens with zero attached hydrogens (tertiary/aromatic N) is 1. The normalized spacial score (nSPS) is 11.9. The zero-order valence-electron chi connectivity index (χ0n) is 11.1. The number of nitriles is 1. The third-order valence-electron chi connectivity index (χ3n) is 2.63. The number of hydrogen-bond acceptors (Lipinski definition) is 4. The van der Waals surface area contributed by atoms with E-state index in [1.165, 1.54) is 11.8 Å². The molecule has 1 aromatic rings. The Balaban J connectivity index is 2.32. The average molecular weight is 278 g/mol. The molecule has 5 heteroatoms. The van der Waals surface area contributed by atoms with Crippen molar-refractivity contribution in [1.82, 2.24) is 5.32 Å². The number of aliphatic hydroxyl groups is 1. The van der Waals surface area contributed by atoms with E-state index in [2.05, 4.69) is 5.32 Å². The van der Waals surface area contributed by atoms with Crippen LogP contribution in [-0.4, -0.2) is 29.4 Å². The number of benzene rings is 1. The summed E-state index contributed by atoms with van der Waals surface area (Å²) in [4.78, 5) is 12.5. The quantitative estimate of drug-likeness (QED) is 0.778. The van der Waals surface area contributed by atoms with Crippen molar-refractivity contribution >= 4 is 17.7 Å². The summed E-state index contributed by atoms with van der Waals surface area (Å²) in [5, 5.41) is 20.9. The Kier molecular flexibility index (Phi) is 6.40. The Morgan fingerprint density at radius 1 is 1.42 bits per heavy atom. The van der Waals surface area contributed by atoms with Crippen molar-refractivity contribution in [2.45, 2.75) is 24.8 Å². The molecule has 1 atom stereocenters. The third kappa shape index (κ3) is 5.77. The maximum Gasteiger partial charge on any atom is 0.230 e. The maximum atomic E-state index is 11.6. The van der Waals surface area contributed by atoms with Crippen LogP contribution in [-0.2, 0) is 4.79 Å². The summed E-state index contributed by atoms with van der Waals surface area (Å²) < 4.78 is 0. The summed E-state index contributed by atoms with van der Waals surface area (Å²) in [6, 6.07) is 9.13. The second-order valence-electron chi connectivity index (χ2n) is 4.54. The van der Waals surface area contributed by atoms with Gasteiger partial charge in [0.2, 0.25) is 5.91 Å². The molecule has 4 nitrogen and oxygen atoms in total. The predicted octanol–water partition coefficient (Wildman–Crippen LogP) is 1.78. The Bertz CT molecular complexity index is 452. The fraction of sp³-hybridized carbons (Fsp3) is 0.429. The van der Waals surface area contributed by atoms with E-state index in [-0.39, 0.29) is 18.4 Å². The van der Waals surface area contributed by atoms with E-state index in [4.69, 9.17) is 5.26 Å². The van der Waals surface area contributed by atoms with Crippen LogP contribution in [0.15, 0.2) is 29.2 Å². The van der Waals surface area contributed by atoms with Crippen molar-refractivity contribution in [1.29, 1.82) is 5.26 Å². The monoisotopic (exact) mass is 278 g/mol. The topological polar surface area (TPSA) is 73.1 Å². The molecule has 0 saturated heterocycles. The SMILES string of the molecule is CC(C)C(O)CNC(=O)CSc1ccc(C#N)cc1. The summed E-state index contributed by atoms with van der Waals surface area (Å²) in [5.41, 5.74) is 0.605. The molecular weight excluding hydrogens is 260 g/mol. The van der Waals surface area contributed by atoms with Crippen molar-refractivity contribution in [3.05, 3.63) is 29.8 Å². The minimum absolute atomic E-state index is 0.103. The lowest BCUT2D eigenvalue weighted by Crippen LogP contribution is -2.35. The van der Waals surface area contributed by atoms with E-state index in [1.54, 1.807) is 12.1 Å². The second-order valence-corrected chi connectivity index (χ2v) is 5.59. The fourth-order valence-corrected chi connectivity index (χ4v) is 2.01. The van der Waals surface area contributed by atoms with E-state index in [9.17, 15) is 9.90 Å². The van der Waals surface area contributed by atoms with Crippen LogP contribution in [0.2, 0.25) is 0 Å². The number of rotatable bonds is 6. The number of thioether (sulfide) groups is 1. The molecule has 0 saturated carbocycles. The van der Waals surface area contributed by atoms with Gasteiger partial charge in [0.25, 0.3) is 0 Å². The van der Waals surface area contributed by atoms with Gasteiger partial charge in [0.05, 0.1) is 23.5 Å².